The van der Waals surface area contributed by atoms with Gasteiger partial charge in [-0.05, 0) is 0 Å². The van der Waals surface area contributed by atoms with E-state index < -0.39 is 0 Å². The second kappa shape index (κ2) is 2.09. The first-order chi connectivity index (χ1) is 3.72. The molecule has 0 spiro atoms. The van der Waals surface area contributed by atoms with E-state index in [0.29, 0.717) is 6.42 Å². The minimum absolute atomic E-state index is 0.139. The van der Waals surface area contributed by atoms with Crippen LogP contribution in [0.5, 0.6) is 0 Å². The predicted molar refractivity (Wildman–Crippen MR) is 34.0 cm³/mol. The molecular weight excluding hydrogens is 123 g/mol. The molecule has 4 heteroatoms. The SMILES string of the molecule is NC1C(=O)CCN1P. The fourth-order valence-corrected chi connectivity index (χ4v) is 1.01. The number of Topliss-reactive ketones (excluding diaryl/α,β-unsaturated/α-hetero) is 1. The number of carbonyl (C=O) groups is 1. The lowest BCUT2D eigenvalue weighted by Crippen LogP contribution is -2.34. The van der Waals surface area contributed by atoms with Gasteiger partial charge in [0.1, 0.15) is 6.17 Å². The van der Waals surface area contributed by atoms with E-state index in [-0.39, 0.29) is 11.9 Å². The molecule has 0 aromatic carbocycles. The quantitative estimate of drug-likeness (QED) is 0.445. The van der Waals surface area contributed by atoms with Crippen molar-refractivity contribution in [2.45, 2.75) is 12.6 Å². The zero-order valence-electron chi connectivity index (χ0n) is 4.50. The smallest absolute Gasteiger partial charge is 0.165 e. The Hall–Kier alpha value is 0.0200. The van der Waals surface area contributed by atoms with Crippen LogP contribution < -0.4 is 5.73 Å². The largest absolute Gasteiger partial charge is 0.309 e. The summed E-state index contributed by atoms with van der Waals surface area (Å²) in [5.41, 5.74) is 5.38. The van der Waals surface area contributed by atoms with Gasteiger partial charge in [0, 0.05) is 13.0 Å². The van der Waals surface area contributed by atoms with Crippen molar-refractivity contribution in [1.82, 2.24) is 4.67 Å². The lowest BCUT2D eigenvalue weighted by atomic mass is 10.3. The highest BCUT2D eigenvalue weighted by atomic mass is 31.0. The minimum Gasteiger partial charge on any atom is -0.309 e. The van der Waals surface area contributed by atoms with Gasteiger partial charge in [-0.2, -0.15) is 0 Å². The van der Waals surface area contributed by atoms with Crippen molar-refractivity contribution in [2.24, 2.45) is 5.73 Å². The summed E-state index contributed by atoms with van der Waals surface area (Å²) in [7, 11) is 2.42. The predicted octanol–water partition coefficient (Wildman–Crippen LogP) is -0.664. The Kier molecular flexibility index (Phi) is 1.61. The molecule has 0 aromatic rings. The van der Waals surface area contributed by atoms with Crippen LogP contribution >= 0.6 is 9.39 Å². The Labute approximate surface area is 50.5 Å². The van der Waals surface area contributed by atoms with Gasteiger partial charge in [0.15, 0.2) is 5.78 Å². The third-order valence-corrected chi connectivity index (χ3v) is 1.88. The van der Waals surface area contributed by atoms with Crippen LogP contribution in [0.3, 0.4) is 0 Å². The van der Waals surface area contributed by atoms with Gasteiger partial charge >= 0.3 is 0 Å². The number of ketones is 1. The van der Waals surface area contributed by atoms with E-state index in [1.165, 1.54) is 0 Å². The molecule has 2 N–H and O–H groups in total. The summed E-state index contributed by atoms with van der Waals surface area (Å²) >= 11 is 0. The van der Waals surface area contributed by atoms with E-state index in [1.54, 1.807) is 4.67 Å². The van der Waals surface area contributed by atoms with Crippen LogP contribution in [0.25, 0.3) is 0 Å². The first kappa shape index (κ1) is 6.14. The highest BCUT2D eigenvalue weighted by Gasteiger charge is 2.25. The van der Waals surface area contributed by atoms with Crippen molar-refractivity contribution in [3.05, 3.63) is 0 Å². The normalized spacial score (nSPS) is 31.8. The molecule has 3 nitrogen and oxygen atoms in total. The molecule has 46 valence electrons. The van der Waals surface area contributed by atoms with E-state index in [4.69, 9.17) is 5.73 Å². The molecule has 0 radical (unpaired) electrons. The number of carbonyl (C=O) groups excluding carboxylic acids is 1. The topological polar surface area (TPSA) is 46.3 Å². The van der Waals surface area contributed by atoms with Crippen molar-refractivity contribution < 1.29 is 4.79 Å². The van der Waals surface area contributed by atoms with Gasteiger partial charge in [0.25, 0.3) is 0 Å². The second-order valence-corrected chi connectivity index (χ2v) is 2.56. The van der Waals surface area contributed by atoms with Crippen molar-refractivity contribution in [1.29, 1.82) is 0 Å². The summed E-state index contributed by atoms with van der Waals surface area (Å²) in [6.45, 7) is 0.782. The molecular formula is C4H9N2OP. The summed E-state index contributed by atoms with van der Waals surface area (Å²) < 4.78 is 1.77. The van der Waals surface area contributed by atoms with Gasteiger partial charge in [0.05, 0.1) is 0 Å². The van der Waals surface area contributed by atoms with E-state index in [9.17, 15) is 4.79 Å². The summed E-state index contributed by atoms with van der Waals surface area (Å²) in [6.07, 6.45) is 0.241. The molecule has 1 aliphatic rings. The highest BCUT2D eigenvalue weighted by molar-refractivity contribution is 7.13. The first-order valence-electron chi connectivity index (χ1n) is 2.51. The molecule has 0 aromatic heterocycles. The van der Waals surface area contributed by atoms with Gasteiger partial charge in [-0.3, -0.25) is 9.46 Å². The van der Waals surface area contributed by atoms with E-state index in [2.05, 4.69) is 9.39 Å². The van der Waals surface area contributed by atoms with Crippen molar-refractivity contribution in [3.8, 4) is 0 Å². The average Bonchev–Trinajstić information content (AvgIpc) is 1.98. The zero-order valence-corrected chi connectivity index (χ0v) is 5.66. The van der Waals surface area contributed by atoms with Crippen LogP contribution in [-0.4, -0.2) is 23.2 Å². The molecule has 1 rings (SSSR count). The van der Waals surface area contributed by atoms with Crippen molar-refractivity contribution in [2.75, 3.05) is 6.54 Å². The van der Waals surface area contributed by atoms with Crippen LogP contribution in [-0.2, 0) is 4.79 Å². The summed E-state index contributed by atoms with van der Waals surface area (Å²) in [5.74, 6) is 0.139. The fraction of sp³-hybridized carbons (Fsp3) is 0.750. The van der Waals surface area contributed by atoms with E-state index in [0.717, 1.165) is 6.54 Å². The summed E-state index contributed by atoms with van der Waals surface area (Å²) in [5, 5.41) is 0. The van der Waals surface area contributed by atoms with Crippen LogP contribution in [0.1, 0.15) is 6.42 Å². The van der Waals surface area contributed by atoms with Gasteiger partial charge in [0.2, 0.25) is 0 Å². The maximum absolute atomic E-state index is 10.6. The molecule has 2 unspecified atom stereocenters. The van der Waals surface area contributed by atoms with Crippen LogP contribution in [0.4, 0.5) is 0 Å². The van der Waals surface area contributed by atoms with Gasteiger partial charge < -0.3 is 5.73 Å². The molecule has 0 amide bonds. The number of hydrogen-bond acceptors (Lipinski definition) is 3. The number of nitrogens with zero attached hydrogens (tertiary/aromatic N) is 1. The van der Waals surface area contributed by atoms with Crippen LogP contribution in [0.2, 0.25) is 0 Å². The summed E-state index contributed by atoms with van der Waals surface area (Å²) in [6, 6.07) is 0. The Morgan fingerprint density at radius 1 is 1.88 bits per heavy atom. The average molecular weight is 132 g/mol. The molecule has 8 heavy (non-hydrogen) atoms. The molecule has 1 aliphatic heterocycles. The first-order valence-corrected chi connectivity index (χ1v) is 3.03. The molecule has 0 saturated carbocycles. The molecule has 0 bridgehead atoms. The zero-order chi connectivity index (χ0) is 6.15. The number of nitrogens with two attached hydrogens (primary N) is 1. The molecule has 1 saturated heterocycles. The molecule has 2 atom stereocenters. The maximum atomic E-state index is 10.6. The van der Waals surface area contributed by atoms with Crippen molar-refractivity contribution >= 4 is 15.2 Å². The number of hydrogen-bond donors (Lipinski definition) is 1. The standard InChI is InChI=1S/C4H9N2OP/c5-4-3(7)1-2-6(4)8/h4H,1-2,5,8H2. The van der Waals surface area contributed by atoms with Crippen LogP contribution in [0, 0.1) is 0 Å². The lowest BCUT2D eigenvalue weighted by Gasteiger charge is -2.10. The third kappa shape index (κ3) is 0.895. The maximum Gasteiger partial charge on any atom is 0.165 e. The number of rotatable bonds is 0. The monoisotopic (exact) mass is 132 g/mol. The fourth-order valence-electron chi connectivity index (χ4n) is 0.711. The van der Waals surface area contributed by atoms with E-state index >= 15 is 0 Å². The Bertz CT molecular complexity index is 117. The second-order valence-electron chi connectivity index (χ2n) is 1.90. The van der Waals surface area contributed by atoms with Crippen molar-refractivity contribution in [3.63, 3.8) is 0 Å². The van der Waals surface area contributed by atoms with Crippen LogP contribution in [0.15, 0.2) is 0 Å². The van der Waals surface area contributed by atoms with Gasteiger partial charge in [-0.25, -0.2) is 0 Å². The van der Waals surface area contributed by atoms with Gasteiger partial charge in [-0.15, -0.1) is 0 Å². The molecule has 1 heterocycles. The van der Waals surface area contributed by atoms with E-state index in [1.807, 2.05) is 0 Å². The molecule has 0 aliphatic carbocycles. The highest BCUT2D eigenvalue weighted by Crippen LogP contribution is 2.12. The lowest BCUT2D eigenvalue weighted by molar-refractivity contribution is -0.119. The Morgan fingerprint density at radius 2 is 2.50 bits per heavy atom. The van der Waals surface area contributed by atoms with Gasteiger partial charge in [-0.1, -0.05) is 9.39 Å². The third-order valence-electron chi connectivity index (χ3n) is 1.30. The summed E-state index contributed by atoms with van der Waals surface area (Å²) in [4.78, 5) is 10.6. The Morgan fingerprint density at radius 3 is 2.62 bits per heavy atom. The minimum atomic E-state index is -0.361. The molecule has 1 fully saturated rings. The Balaban J connectivity index is 2.56.